The Balaban J connectivity index is 1.74. The number of epoxide rings is 1. The maximum atomic E-state index is 13.1. The van der Waals surface area contributed by atoms with Crippen molar-refractivity contribution in [2.75, 3.05) is 0 Å². The third kappa shape index (κ3) is 4.95. The summed E-state index contributed by atoms with van der Waals surface area (Å²) in [5.41, 5.74) is 3.20. The van der Waals surface area contributed by atoms with Gasteiger partial charge in [-0.1, -0.05) is 49.9 Å². The Kier molecular flexibility index (Phi) is 6.87. The van der Waals surface area contributed by atoms with Gasteiger partial charge in [-0.3, -0.25) is 0 Å². The van der Waals surface area contributed by atoms with Gasteiger partial charge in [-0.2, -0.15) is 0 Å². The van der Waals surface area contributed by atoms with E-state index < -0.39 is 5.60 Å². The molecule has 1 saturated heterocycles. The minimum atomic E-state index is -0.669. The van der Waals surface area contributed by atoms with Crippen LogP contribution in [-0.2, 0) is 15.9 Å². The number of hydrogen-bond donors (Lipinski definition) is 1. The summed E-state index contributed by atoms with van der Waals surface area (Å²) < 4.78 is 12.2. The zero-order valence-corrected chi connectivity index (χ0v) is 23.5. The molecule has 3 aliphatic rings. The molecule has 6 heteroatoms. The van der Waals surface area contributed by atoms with Crippen molar-refractivity contribution in [1.29, 1.82) is 0 Å². The number of rotatable bonds is 0. The maximum absolute atomic E-state index is 13.1. The van der Waals surface area contributed by atoms with Crippen molar-refractivity contribution in [1.82, 2.24) is 0 Å². The molecule has 1 unspecified atom stereocenters. The number of allylic oxidation sites excluding steroid dienone is 2. The van der Waals surface area contributed by atoms with E-state index in [1.807, 2.05) is 19.9 Å². The van der Waals surface area contributed by atoms with Crippen LogP contribution in [0.4, 0.5) is 0 Å². The Hall–Kier alpha value is -0.850. The highest BCUT2D eigenvalue weighted by Gasteiger charge is 2.53. The van der Waals surface area contributed by atoms with Gasteiger partial charge in [0.05, 0.1) is 22.1 Å². The van der Waals surface area contributed by atoms with Crippen LogP contribution in [0.25, 0.3) is 0 Å². The van der Waals surface area contributed by atoms with E-state index in [9.17, 15) is 9.90 Å². The van der Waals surface area contributed by atoms with E-state index in [1.54, 1.807) is 12.1 Å². The highest BCUT2D eigenvalue weighted by molar-refractivity contribution is 9.09. The summed E-state index contributed by atoms with van der Waals surface area (Å²) in [4.78, 5) is 13.5. The molecule has 33 heavy (non-hydrogen) atoms. The zero-order chi connectivity index (χ0) is 24.2. The maximum Gasteiger partial charge on any atom is 0.338 e. The van der Waals surface area contributed by atoms with Gasteiger partial charge in [0, 0.05) is 10.2 Å². The van der Waals surface area contributed by atoms with E-state index >= 15 is 0 Å². The quantitative estimate of drug-likeness (QED) is 0.151. The summed E-state index contributed by atoms with van der Waals surface area (Å²) in [7, 11) is 0. The molecule has 1 aromatic rings. The topological polar surface area (TPSA) is 59.1 Å². The number of alkyl halides is 2. The van der Waals surface area contributed by atoms with Crippen LogP contribution in [0.3, 0.4) is 0 Å². The lowest BCUT2D eigenvalue weighted by Crippen LogP contribution is -2.38. The van der Waals surface area contributed by atoms with Gasteiger partial charge in [-0.25, -0.2) is 4.79 Å². The van der Waals surface area contributed by atoms with Crippen LogP contribution < -0.4 is 0 Å². The molecule has 2 bridgehead atoms. The van der Waals surface area contributed by atoms with Gasteiger partial charge < -0.3 is 14.6 Å². The number of fused-ring (bicyclic) bond motifs is 4. The van der Waals surface area contributed by atoms with Gasteiger partial charge in [0.2, 0.25) is 0 Å². The predicted octanol–water partition coefficient (Wildman–Crippen LogP) is 7.25. The summed E-state index contributed by atoms with van der Waals surface area (Å²) >= 11 is 7.78. The molecule has 1 aromatic carbocycles. The van der Waals surface area contributed by atoms with Crippen molar-refractivity contribution in [3.63, 3.8) is 0 Å². The summed E-state index contributed by atoms with van der Waals surface area (Å²) in [6.45, 7) is 10.7. The Morgan fingerprint density at radius 1 is 1.03 bits per heavy atom. The normalized spacial score (nSPS) is 37.1. The monoisotopic (exact) mass is 582 g/mol. The molecule has 1 aliphatic carbocycles. The van der Waals surface area contributed by atoms with Crippen LogP contribution >= 0.6 is 31.9 Å². The lowest BCUT2D eigenvalue weighted by molar-refractivity contribution is -0.00232. The van der Waals surface area contributed by atoms with Crippen molar-refractivity contribution in [3.8, 4) is 5.75 Å². The van der Waals surface area contributed by atoms with E-state index in [4.69, 9.17) is 9.47 Å². The molecule has 4 nitrogen and oxygen atoms in total. The first kappa shape index (κ1) is 25.2. The SMILES string of the molecule is CC1=C2Cc3cc(ccc3O)C(=O)OC(C)(C)[C@H](Br)CC[C@]3(C)O[C@@H]3CC[C@]2(C)C(Br)CC1. The number of phenolic OH excluding ortho intramolecular Hbond substituents is 1. The molecule has 0 amide bonds. The Bertz CT molecular complexity index is 971. The van der Waals surface area contributed by atoms with Crippen LogP contribution in [0.5, 0.6) is 5.75 Å². The number of cyclic esters (lactones) is 1. The summed E-state index contributed by atoms with van der Waals surface area (Å²) in [5.74, 6) is -0.136. The molecule has 182 valence electrons. The second-order valence-electron chi connectivity index (χ2n) is 11.2. The number of ether oxygens (including phenoxy) is 2. The number of esters is 1. The molecule has 0 spiro atoms. The smallest absolute Gasteiger partial charge is 0.338 e. The molecule has 5 atom stereocenters. The third-order valence-corrected chi connectivity index (χ3v) is 11.3. The van der Waals surface area contributed by atoms with Crippen molar-refractivity contribution in [3.05, 3.63) is 40.5 Å². The van der Waals surface area contributed by atoms with Gasteiger partial charge in [0.1, 0.15) is 11.4 Å². The second kappa shape index (κ2) is 8.98. The first-order chi connectivity index (χ1) is 15.4. The Morgan fingerprint density at radius 2 is 1.76 bits per heavy atom. The molecule has 0 saturated carbocycles. The highest BCUT2D eigenvalue weighted by atomic mass is 79.9. The standard InChI is InChI=1S/C27H36Br2O4/c1-16-6-9-22(29)26(4)12-11-23-27(5,32-23)13-10-21(28)25(2,3)33-24(31)17-7-8-20(30)18(14-17)15-19(16)26/h7-8,14,21-23,30H,6,9-13,15H2,1-5H3/t21-,22?,23-,26+,27+/m1/s1. The average molecular weight is 584 g/mol. The predicted molar refractivity (Wildman–Crippen MR) is 139 cm³/mol. The van der Waals surface area contributed by atoms with Gasteiger partial charge in [-0.05, 0) is 96.4 Å². The second-order valence-corrected chi connectivity index (χ2v) is 13.4. The largest absolute Gasteiger partial charge is 0.508 e. The van der Waals surface area contributed by atoms with Gasteiger partial charge >= 0.3 is 5.97 Å². The molecule has 1 N–H and O–H groups in total. The molecule has 2 aliphatic heterocycles. The number of phenols is 1. The van der Waals surface area contributed by atoms with E-state index in [2.05, 4.69) is 52.6 Å². The summed E-state index contributed by atoms with van der Waals surface area (Å²) in [6, 6.07) is 5.09. The molecule has 4 rings (SSSR count). The van der Waals surface area contributed by atoms with Crippen LogP contribution in [-0.4, -0.2) is 38.0 Å². The fourth-order valence-electron chi connectivity index (χ4n) is 5.62. The van der Waals surface area contributed by atoms with Crippen molar-refractivity contribution in [2.45, 2.75) is 107 Å². The highest BCUT2D eigenvalue weighted by Crippen LogP contribution is 2.52. The summed E-state index contributed by atoms with van der Waals surface area (Å²) in [6.07, 6.45) is 6.86. The van der Waals surface area contributed by atoms with Crippen molar-refractivity contribution in [2.24, 2.45) is 5.41 Å². The van der Waals surface area contributed by atoms with Crippen LogP contribution in [0.15, 0.2) is 29.3 Å². The van der Waals surface area contributed by atoms with Crippen LogP contribution in [0.1, 0.15) is 89.1 Å². The average Bonchev–Trinajstić information content (AvgIpc) is 3.41. The number of benzene rings is 1. The Morgan fingerprint density at radius 3 is 2.48 bits per heavy atom. The molecular formula is C27H36Br2O4. The summed E-state index contributed by atoms with van der Waals surface area (Å²) in [5, 5.41) is 10.7. The first-order valence-corrected chi connectivity index (χ1v) is 13.9. The van der Waals surface area contributed by atoms with Crippen LogP contribution in [0.2, 0.25) is 0 Å². The van der Waals surface area contributed by atoms with Gasteiger partial charge in [0.15, 0.2) is 0 Å². The lowest BCUT2D eigenvalue weighted by atomic mass is 9.66. The van der Waals surface area contributed by atoms with E-state index in [0.29, 0.717) is 16.8 Å². The minimum Gasteiger partial charge on any atom is -0.508 e. The molecule has 1 fully saturated rings. The lowest BCUT2D eigenvalue weighted by Gasteiger charge is -2.42. The van der Waals surface area contributed by atoms with Crippen molar-refractivity contribution < 1.29 is 19.4 Å². The van der Waals surface area contributed by atoms with E-state index in [1.165, 1.54) is 11.1 Å². The van der Waals surface area contributed by atoms with Gasteiger partial charge in [0.25, 0.3) is 0 Å². The third-order valence-electron chi connectivity index (χ3n) is 8.32. The number of carbonyl (C=O) groups excluding carboxylic acids is 1. The van der Waals surface area contributed by atoms with Crippen molar-refractivity contribution >= 4 is 37.8 Å². The number of halogens is 2. The first-order valence-electron chi connectivity index (χ1n) is 12.1. The van der Waals surface area contributed by atoms with Gasteiger partial charge in [-0.15, -0.1) is 0 Å². The Labute approximate surface area is 214 Å². The van der Waals surface area contributed by atoms with Crippen LogP contribution in [0, 0.1) is 5.41 Å². The molecular weight excluding hydrogens is 548 g/mol. The fraction of sp³-hybridized carbons (Fsp3) is 0.667. The molecule has 0 aromatic heterocycles. The van der Waals surface area contributed by atoms with E-state index in [0.717, 1.165) is 44.1 Å². The minimum absolute atomic E-state index is 0.0140. The van der Waals surface area contributed by atoms with E-state index in [-0.39, 0.29) is 33.7 Å². The number of carbonyl (C=O) groups is 1. The number of hydrogen-bond acceptors (Lipinski definition) is 4. The molecule has 2 heterocycles. The fourth-order valence-corrected chi connectivity index (χ4v) is 6.68. The zero-order valence-electron chi connectivity index (χ0n) is 20.3. The number of aromatic hydroxyl groups is 1. The molecule has 0 radical (unpaired) electrons.